The van der Waals surface area contributed by atoms with Crippen molar-refractivity contribution in [2.75, 3.05) is 38.6 Å². The summed E-state index contributed by atoms with van der Waals surface area (Å²) in [6, 6.07) is 8.15. The number of para-hydroxylation sites is 1. The number of hydrogen-bond donors (Lipinski definition) is 1. The van der Waals surface area contributed by atoms with Gasteiger partial charge in [-0.15, -0.1) is 10.2 Å². The van der Waals surface area contributed by atoms with Gasteiger partial charge in [-0.05, 0) is 26.0 Å². The first-order valence-electron chi connectivity index (χ1n) is 8.99. The number of nitrogens with one attached hydrogen (secondary N) is 1. The van der Waals surface area contributed by atoms with Gasteiger partial charge in [-0.1, -0.05) is 35.2 Å². The Hall–Kier alpha value is -1.68. The second-order valence-electron chi connectivity index (χ2n) is 7.15. The maximum absolute atomic E-state index is 12.4. The molecule has 1 amide bonds. The first kappa shape index (κ1) is 18.7. The van der Waals surface area contributed by atoms with Crippen molar-refractivity contribution in [3.8, 4) is 0 Å². The number of carbonyl (C=O) groups excluding carboxylic acids is 1. The van der Waals surface area contributed by atoms with Crippen molar-refractivity contribution in [3.63, 3.8) is 0 Å². The molecule has 0 atom stereocenters. The van der Waals surface area contributed by atoms with Crippen molar-refractivity contribution >= 4 is 44.2 Å². The lowest BCUT2D eigenvalue weighted by atomic mass is 10.0. The molecule has 1 aromatic carbocycles. The van der Waals surface area contributed by atoms with Crippen molar-refractivity contribution in [1.29, 1.82) is 0 Å². The van der Waals surface area contributed by atoms with Crippen LogP contribution in [0.5, 0.6) is 0 Å². The van der Waals surface area contributed by atoms with Gasteiger partial charge in [0.2, 0.25) is 10.9 Å². The highest BCUT2D eigenvalue weighted by Gasteiger charge is 2.28. The zero-order chi connectivity index (χ0) is 18.9. The van der Waals surface area contributed by atoms with Crippen molar-refractivity contribution in [2.45, 2.75) is 24.5 Å². The average Bonchev–Trinajstić information content (AvgIpc) is 3.25. The fourth-order valence-corrected chi connectivity index (χ4v) is 5.02. The Labute approximate surface area is 166 Å². The topological polar surface area (TPSA) is 71.8 Å². The summed E-state index contributed by atoms with van der Waals surface area (Å²) in [4.78, 5) is 15.6. The molecule has 2 aromatic heterocycles. The standard InChI is InChI=1S/C18H23N5O2S2/c1-18(2,22-7-9-25-10-8-22)12-19-15(24)11-26-16-20-21-17-23(16)13-5-3-4-6-14(13)27-17/h3-6H,7-12H2,1-2H3,(H,19,24). The van der Waals surface area contributed by atoms with Crippen molar-refractivity contribution in [3.05, 3.63) is 24.3 Å². The molecule has 144 valence electrons. The van der Waals surface area contributed by atoms with Crippen LogP contribution < -0.4 is 5.32 Å². The van der Waals surface area contributed by atoms with Crippen LogP contribution in [0.1, 0.15) is 13.8 Å². The number of benzene rings is 1. The van der Waals surface area contributed by atoms with Crippen LogP contribution in [0.25, 0.3) is 15.2 Å². The Balaban J connectivity index is 1.36. The molecule has 9 heteroatoms. The Morgan fingerprint density at radius 2 is 2.07 bits per heavy atom. The number of morpholine rings is 1. The summed E-state index contributed by atoms with van der Waals surface area (Å²) in [7, 11) is 0. The summed E-state index contributed by atoms with van der Waals surface area (Å²) in [5.41, 5.74) is 0.995. The number of carbonyl (C=O) groups is 1. The molecule has 3 heterocycles. The number of fused-ring (bicyclic) bond motifs is 3. The van der Waals surface area contributed by atoms with E-state index in [-0.39, 0.29) is 11.4 Å². The van der Waals surface area contributed by atoms with Crippen LogP contribution in [0.3, 0.4) is 0 Å². The molecule has 4 rings (SSSR count). The van der Waals surface area contributed by atoms with E-state index in [1.807, 2.05) is 16.5 Å². The predicted octanol–water partition coefficient (Wildman–Crippen LogP) is 2.26. The van der Waals surface area contributed by atoms with E-state index >= 15 is 0 Å². The second-order valence-corrected chi connectivity index (χ2v) is 9.10. The SMILES string of the molecule is CC(C)(CNC(=O)CSc1nnc2sc3ccccc3n12)N1CCOCC1. The number of thiazole rings is 1. The summed E-state index contributed by atoms with van der Waals surface area (Å²) in [5.74, 6) is 0.335. The summed E-state index contributed by atoms with van der Waals surface area (Å²) >= 11 is 3.03. The molecule has 1 aliphatic heterocycles. The smallest absolute Gasteiger partial charge is 0.230 e. The Morgan fingerprint density at radius 3 is 2.89 bits per heavy atom. The number of ether oxygens (including phenoxy) is 1. The van der Waals surface area contributed by atoms with Crippen LogP contribution in [-0.2, 0) is 9.53 Å². The van der Waals surface area contributed by atoms with Crippen LogP contribution in [0.2, 0.25) is 0 Å². The molecule has 1 aliphatic rings. The minimum absolute atomic E-state index is 0.0117. The molecule has 3 aromatic rings. The van der Waals surface area contributed by atoms with Gasteiger partial charge in [-0.2, -0.15) is 0 Å². The second kappa shape index (κ2) is 7.75. The van der Waals surface area contributed by atoms with Gasteiger partial charge in [0.15, 0.2) is 5.16 Å². The van der Waals surface area contributed by atoms with E-state index in [2.05, 4.69) is 46.4 Å². The maximum Gasteiger partial charge on any atom is 0.230 e. The van der Waals surface area contributed by atoms with Crippen molar-refractivity contribution in [1.82, 2.24) is 24.8 Å². The number of rotatable bonds is 6. The molecular weight excluding hydrogens is 382 g/mol. The Kier molecular flexibility index (Phi) is 5.36. The van der Waals surface area contributed by atoms with E-state index in [1.165, 1.54) is 16.5 Å². The summed E-state index contributed by atoms with van der Waals surface area (Å²) in [6.07, 6.45) is 0. The van der Waals surface area contributed by atoms with E-state index in [0.29, 0.717) is 12.3 Å². The molecule has 1 N–H and O–H groups in total. The molecule has 27 heavy (non-hydrogen) atoms. The number of aromatic nitrogens is 3. The Morgan fingerprint density at radius 1 is 1.30 bits per heavy atom. The van der Waals surface area contributed by atoms with Crippen LogP contribution in [-0.4, -0.2) is 69.5 Å². The lowest BCUT2D eigenvalue weighted by Gasteiger charge is -2.40. The van der Waals surface area contributed by atoms with E-state index < -0.39 is 0 Å². The first-order valence-corrected chi connectivity index (χ1v) is 10.8. The minimum Gasteiger partial charge on any atom is -0.379 e. The number of hydrogen-bond acceptors (Lipinski definition) is 7. The van der Waals surface area contributed by atoms with Gasteiger partial charge >= 0.3 is 0 Å². The highest BCUT2D eigenvalue weighted by molar-refractivity contribution is 7.99. The zero-order valence-corrected chi connectivity index (χ0v) is 17.1. The van der Waals surface area contributed by atoms with E-state index in [0.717, 1.165) is 41.9 Å². The molecule has 0 spiro atoms. The Bertz CT molecular complexity index is 946. The number of thioether (sulfide) groups is 1. The third kappa shape index (κ3) is 3.96. The first-order chi connectivity index (χ1) is 13.0. The molecule has 1 saturated heterocycles. The van der Waals surface area contributed by atoms with Gasteiger partial charge in [0.05, 0.1) is 29.2 Å². The summed E-state index contributed by atoms with van der Waals surface area (Å²) in [5, 5.41) is 12.3. The van der Waals surface area contributed by atoms with Crippen LogP contribution in [0.4, 0.5) is 0 Å². The maximum atomic E-state index is 12.4. The van der Waals surface area contributed by atoms with Crippen molar-refractivity contribution < 1.29 is 9.53 Å². The van der Waals surface area contributed by atoms with Crippen LogP contribution >= 0.6 is 23.1 Å². The third-order valence-electron chi connectivity index (χ3n) is 4.83. The normalized spacial score (nSPS) is 16.2. The highest BCUT2D eigenvalue weighted by atomic mass is 32.2. The molecule has 0 unspecified atom stereocenters. The van der Waals surface area contributed by atoms with Crippen LogP contribution in [0, 0.1) is 0 Å². The zero-order valence-electron chi connectivity index (χ0n) is 15.5. The minimum atomic E-state index is -0.0875. The van der Waals surface area contributed by atoms with Crippen molar-refractivity contribution in [2.24, 2.45) is 0 Å². The predicted molar refractivity (Wildman–Crippen MR) is 109 cm³/mol. The molecular formula is C18H23N5O2S2. The van der Waals surface area contributed by atoms with E-state index in [9.17, 15) is 4.79 Å². The molecule has 1 fully saturated rings. The van der Waals surface area contributed by atoms with Gasteiger partial charge in [0.25, 0.3) is 0 Å². The van der Waals surface area contributed by atoms with Gasteiger partial charge in [-0.25, -0.2) is 0 Å². The highest BCUT2D eigenvalue weighted by Crippen LogP contribution is 2.29. The monoisotopic (exact) mass is 405 g/mol. The van der Waals surface area contributed by atoms with E-state index in [4.69, 9.17) is 4.74 Å². The van der Waals surface area contributed by atoms with Crippen LogP contribution in [0.15, 0.2) is 29.4 Å². The van der Waals surface area contributed by atoms with Gasteiger partial charge in [0, 0.05) is 25.2 Å². The van der Waals surface area contributed by atoms with E-state index in [1.54, 1.807) is 11.3 Å². The lowest BCUT2D eigenvalue weighted by molar-refractivity contribution is -0.119. The fraction of sp³-hybridized carbons (Fsp3) is 0.500. The summed E-state index contributed by atoms with van der Waals surface area (Å²) in [6.45, 7) is 8.25. The lowest BCUT2D eigenvalue weighted by Crippen LogP contribution is -2.55. The van der Waals surface area contributed by atoms with Gasteiger partial charge in [-0.3, -0.25) is 14.1 Å². The molecule has 0 saturated carbocycles. The molecule has 0 bridgehead atoms. The summed E-state index contributed by atoms with van der Waals surface area (Å²) < 4.78 is 8.60. The quantitative estimate of drug-likeness (QED) is 0.635. The number of nitrogens with zero attached hydrogens (tertiary/aromatic N) is 4. The van der Waals surface area contributed by atoms with Gasteiger partial charge in [0.1, 0.15) is 0 Å². The fourth-order valence-electron chi connectivity index (χ4n) is 3.23. The third-order valence-corrected chi connectivity index (χ3v) is 6.77. The van der Waals surface area contributed by atoms with Gasteiger partial charge < -0.3 is 10.1 Å². The molecule has 0 radical (unpaired) electrons. The average molecular weight is 406 g/mol. The largest absolute Gasteiger partial charge is 0.379 e. The molecule has 7 nitrogen and oxygen atoms in total. The molecule has 0 aliphatic carbocycles. The number of amides is 1.